The Hall–Kier alpha value is -1.43. The van der Waals surface area contributed by atoms with E-state index in [1.165, 1.54) is 12.0 Å². The van der Waals surface area contributed by atoms with Crippen molar-refractivity contribution in [1.82, 2.24) is 15.5 Å². The number of carbonyl (C=O) groups is 1. The summed E-state index contributed by atoms with van der Waals surface area (Å²) in [5.41, 5.74) is 1.18. The molecule has 2 saturated heterocycles. The standard InChI is InChI=1S/C19H29N3O2/c23-19(7-6-16-8-9-20-14-16)21-18(17-4-2-1-3-5-17)15-22-10-12-24-13-11-22/h1-5,16,18,20H,6-15H2,(H,21,23). The zero-order valence-electron chi connectivity index (χ0n) is 14.4. The van der Waals surface area contributed by atoms with Gasteiger partial charge in [0.05, 0.1) is 19.3 Å². The molecule has 2 aliphatic rings. The number of nitrogens with one attached hydrogen (secondary N) is 2. The van der Waals surface area contributed by atoms with Crippen LogP contribution < -0.4 is 10.6 Å². The van der Waals surface area contributed by atoms with Crippen molar-refractivity contribution in [3.8, 4) is 0 Å². The highest BCUT2D eigenvalue weighted by molar-refractivity contribution is 5.76. The number of hydrogen-bond acceptors (Lipinski definition) is 4. The molecule has 1 aromatic carbocycles. The fraction of sp³-hybridized carbons (Fsp3) is 0.632. The van der Waals surface area contributed by atoms with Crippen molar-refractivity contribution in [2.45, 2.75) is 25.3 Å². The molecule has 0 radical (unpaired) electrons. The number of hydrogen-bond donors (Lipinski definition) is 2. The van der Waals surface area contributed by atoms with Crippen LogP contribution in [0.15, 0.2) is 30.3 Å². The van der Waals surface area contributed by atoms with Crippen molar-refractivity contribution in [3.05, 3.63) is 35.9 Å². The number of rotatable bonds is 7. The molecule has 2 unspecified atom stereocenters. The number of benzene rings is 1. The van der Waals surface area contributed by atoms with Gasteiger partial charge in [-0.3, -0.25) is 9.69 Å². The van der Waals surface area contributed by atoms with E-state index in [0.29, 0.717) is 12.3 Å². The minimum absolute atomic E-state index is 0.0542. The van der Waals surface area contributed by atoms with Gasteiger partial charge in [-0.15, -0.1) is 0 Å². The second-order valence-corrected chi connectivity index (χ2v) is 6.84. The summed E-state index contributed by atoms with van der Waals surface area (Å²) in [7, 11) is 0. The molecule has 0 bridgehead atoms. The van der Waals surface area contributed by atoms with Gasteiger partial charge in [0, 0.05) is 26.1 Å². The summed E-state index contributed by atoms with van der Waals surface area (Å²) < 4.78 is 5.43. The fourth-order valence-electron chi connectivity index (χ4n) is 3.52. The Bertz CT molecular complexity index is 497. The molecule has 2 N–H and O–H groups in total. The summed E-state index contributed by atoms with van der Waals surface area (Å²) in [4.78, 5) is 14.8. The van der Waals surface area contributed by atoms with Gasteiger partial charge in [-0.05, 0) is 37.4 Å². The normalized spacial score (nSPS) is 23.1. The van der Waals surface area contributed by atoms with Crippen molar-refractivity contribution >= 4 is 5.91 Å². The van der Waals surface area contributed by atoms with Gasteiger partial charge in [-0.25, -0.2) is 0 Å². The maximum absolute atomic E-state index is 12.5. The fourth-order valence-corrected chi connectivity index (χ4v) is 3.52. The summed E-state index contributed by atoms with van der Waals surface area (Å²) in [6.07, 6.45) is 2.81. The predicted molar refractivity (Wildman–Crippen MR) is 94.8 cm³/mol. The van der Waals surface area contributed by atoms with Crippen LogP contribution in [0.1, 0.15) is 30.9 Å². The molecule has 3 rings (SSSR count). The number of nitrogens with zero attached hydrogens (tertiary/aromatic N) is 1. The summed E-state index contributed by atoms with van der Waals surface area (Å²) in [5, 5.41) is 6.63. The first-order valence-corrected chi connectivity index (χ1v) is 9.16. The Kier molecular flexibility index (Phi) is 6.64. The van der Waals surface area contributed by atoms with Crippen LogP contribution in [0, 0.1) is 5.92 Å². The quantitative estimate of drug-likeness (QED) is 0.796. The third-order valence-electron chi connectivity index (χ3n) is 5.02. The Balaban J connectivity index is 1.55. The zero-order chi connectivity index (χ0) is 16.6. The first-order valence-electron chi connectivity index (χ1n) is 9.16. The van der Waals surface area contributed by atoms with E-state index in [2.05, 4.69) is 27.7 Å². The molecular weight excluding hydrogens is 302 g/mol. The lowest BCUT2D eigenvalue weighted by Gasteiger charge is -2.31. The average molecular weight is 331 g/mol. The van der Waals surface area contributed by atoms with Crippen LogP contribution in [0.5, 0.6) is 0 Å². The highest BCUT2D eigenvalue weighted by atomic mass is 16.5. The lowest BCUT2D eigenvalue weighted by Crippen LogP contribution is -2.43. The summed E-state index contributed by atoms with van der Waals surface area (Å²) in [6.45, 7) is 6.44. The Morgan fingerprint density at radius 3 is 2.79 bits per heavy atom. The average Bonchev–Trinajstić information content (AvgIpc) is 3.15. The monoisotopic (exact) mass is 331 g/mol. The molecule has 5 nitrogen and oxygen atoms in total. The molecule has 132 valence electrons. The predicted octanol–water partition coefficient (Wildman–Crippen LogP) is 1.57. The van der Waals surface area contributed by atoms with Crippen molar-refractivity contribution < 1.29 is 9.53 Å². The first kappa shape index (κ1) is 17.4. The lowest BCUT2D eigenvalue weighted by molar-refractivity contribution is -0.122. The molecule has 1 aromatic rings. The van der Waals surface area contributed by atoms with Gasteiger partial charge in [0.1, 0.15) is 0 Å². The smallest absolute Gasteiger partial charge is 0.220 e. The van der Waals surface area contributed by atoms with Crippen molar-refractivity contribution in [3.63, 3.8) is 0 Å². The SMILES string of the molecule is O=C(CCC1CCNC1)NC(CN1CCOCC1)c1ccccc1. The van der Waals surface area contributed by atoms with Crippen LogP contribution in [0.3, 0.4) is 0 Å². The highest BCUT2D eigenvalue weighted by Crippen LogP contribution is 2.18. The zero-order valence-corrected chi connectivity index (χ0v) is 14.4. The molecule has 0 saturated carbocycles. The Morgan fingerprint density at radius 2 is 2.08 bits per heavy atom. The summed E-state index contributed by atoms with van der Waals surface area (Å²) in [6, 6.07) is 10.4. The molecule has 2 heterocycles. The van der Waals surface area contributed by atoms with E-state index in [4.69, 9.17) is 4.74 Å². The number of amides is 1. The Morgan fingerprint density at radius 1 is 1.29 bits per heavy atom. The van der Waals surface area contributed by atoms with E-state index in [0.717, 1.165) is 52.4 Å². The minimum atomic E-state index is 0.0542. The van der Waals surface area contributed by atoms with Gasteiger partial charge in [-0.2, -0.15) is 0 Å². The largest absolute Gasteiger partial charge is 0.379 e. The van der Waals surface area contributed by atoms with Gasteiger partial charge in [-0.1, -0.05) is 30.3 Å². The van der Waals surface area contributed by atoms with E-state index >= 15 is 0 Å². The van der Waals surface area contributed by atoms with Gasteiger partial charge in [0.2, 0.25) is 5.91 Å². The third kappa shape index (κ3) is 5.30. The summed E-state index contributed by atoms with van der Waals surface area (Å²) >= 11 is 0. The van der Waals surface area contributed by atoms with E-state index in [9.17, 15) is 4.79 Å². The van der Waals surface area contributed by atoms with Crippen LogP contribution >= 0.6 is 0 Å². The van der Waals surface area contributed by atoms with Crippen LogP contribution in [0.4, 0.5) is 0 Å². The molecule has 1 amide bonds. The molecule has 24 heavy (non-hydrogen) atoms. The van der Waals surface area contributed by atoms with Gasteiger partial charge < -0.3 is 15.4 Å². The van der Waals surface area contributed by atoms with E-state index in [1.54, 1.807) is 0 Å². The molecule has 2 aliphatic heterocycles. The molecule has 2 fully saturated rings. The molecule has 2 atom stereocenters. The molecule has 0 spiro atoms. The second kappa shape index (κ2) is 9.16. The van der Waals surface area contributed by atoms with E-state index in [1.807, 2.05) is 18.2 Å². The second-order valence-electron chi connectivity index (χ2n) is 6.84. The van der Waals surface area contributed by atoms with Crippen LogP contribution in [0.2, 0.25) is 0 Å². The third-order valence-corrected chi connectivity index (χ3v) is 5.02. The number of morpholine rings is 1. The van der Waals surface area contributed by atoms with Gasteiger partial charge >= 0.3 is 0 Å². The molecular formula is C19H29N3O2. The highest BCUT2D eigenvalue weighted by Gasteiger charge is 2.21. The Labute approximate surface area is 144 Å². The number of carbonyl (C=O) groups excluding carboxylic acids is 1. The van der Waals surface area contributed by atoms with E-state index in [-0.39, 0.29) is 11.9 Å². The number of ether oxygens (including phenoxy) is 1. The molecule has 0 aromatic heterocycles. The van der Waals surface area contributed by atoms with Crippen LogP contribution in [-0.2, 0) is 9.53 Å². The lowest BCUT2D eigenvalue weighted by atomic mass is 10.0. The van der Waals surface area contributed by atoms with Gasteiger partial charge in [0.25, 0.3) is 0 Å². The van der Waals surface area contributed by atoms with Crippen LogP contribution in [0.25, 0.3) is 0 Å². The molecule has 0 aliphatic carbocycles. The maximum Gasteiger partial charge on any atom is 0.220 e. The maximum atomic E-state index is 12.5. The molecule has 5 heteroatoms. The van der Waals surface area contributed by atoms with Crippen LogP contribution in [-0.4, -0.2) is 56.7 Å². The van der Waals surface area contributed by atoms with E-state index < -0.39 is 0 Å². The van der Waals surface area contributed by atoms with Crippen molar-refractivity contribution in [1.29, 1.82) is 0 Å². The van der Waals surface area contributed by atoms with Crippen molar-refractivity contribution in [2.24, 2.45) is 5.92 Å². The minimum Gasteiger partial charge on any atom is -0.379 e. The topological polar surface area (TPSA) is 53.6 Å². The van der Waals surface area contributed by atoms with Gasteiger partial charge in [0.15, 0.2) is 0 Å². The van der Waals surface area contributed by atoms with Crippen molar-refractivity contribution in [2.75, 3.05) is 45.9 Å². The summed E-state index contributed by atoms with van der Waals surface area (Å²) in [5.74, 6) is 0.828. The first-order chi connectivity index (χ1) is 11.8.